The Labute approximate surface area is 157 Å². The third-order valence-corrected chi connectivity index (χ3v) is 4.92. The molecule has 0 aliphatic carbocycles. The largest absolute Gasteiger partial charge is 0.354 e. The Morgan fingerprint density at radius 2 is 1.74 bits per heavy atom. The number of anilines is 3. The Bertz CT molecular complexity index is 1060. The first-order valence-corrected chi connectivity index (χ1v) is 9.24. The average Bonchev–Trinajstić information content (AvgIpc) is 3.14. The van der Waals surface area contributed by atoms with Crippen LogP contribution in [-0.4, -0.2) is 33.3 Å². The predicted octanol–water partition coefficient (Wildman–Crippen LogP) is 3.70. The smallest absolute Gasteiger partial charge is 0.226 e. The Morgan fingerprint density at radius 1 is 0.963 bits per heavy atom. The molecule has 0 spiro atoms. The van der Waals surface area contributed by atoms with E-state index in [-0.39, 0.29) is 0 Å². The SMILES string of the molecule is c1ccc(CCNc2nc3c4c([nH]nc4n2)CCN3c2ccccc2)cc1. The molecule has 0 bridgehead atoms. The summed E-state index contributed by atoms with van der Waals surface area (Å²) >= 11 is 0. The van der Waals surface area contributed by atoms with Gasteiger partial charge in [0, 0.05) is 25.2 Å². The summed E-state index contributed by atoms with van der Waals surface area (Å²) in [6.45, 7) is 1.65. The van der Waals surface area contributed by atoms with Crippen molar-refractivity contribution in [2.24, 2.45) is 0 Å². The third kappa shape index (κ3) is 2.99. The van der Waals surface area contributed by atoms with Crippen LogP contribution >= 0.6 is 0 Å². The van der Waals surface area contributed by atoms with Crippen LogP contribution in [0.1, 0.15) is 11.3 Å². The second kappa shape index (κ2) is 6.72. The molecule has 0 radical (unpaired) electrons. The van der Waals surface area contributed by atoms with Crippen molar-refractivity contribution in [2.45, 2.75) is 12.8 Å². The van der Waals surface area contributed by atoms with Gasteiger partial charge in [0.05, 0.1) is 11.1 Å². The molecule has 1 aliphatic rings. The van der Waals surface area contributed by atoms with Gasteiger partial charge in [-0.25, -0.2) is 0 Å². The summed E-state index contributed by atoms with van der Waals surface area (Å²) in [6, 6.07) is 20.8. The standard InChI is InChI=1S/C21H20N6/c1-3-7-15(8-4-1)11-13-22-21-23-19-18-17(25-26-19)12-14-27(20(18)24-21)16-9-5-2-6-10-16/h1-10H,11-14H2,(H2,22,23,24,25,26). The van der Waals surface area contributed by atoms with Gasteiger partial charge in [-0.15, -0.1) is 0 Å². The number of rotatable bonds is 5. The fourth-order valence-corrected chi connectivity index (χ4v) is 3.57. The molecule has 27 heavy (non-hydrogen) atoms. The van der Waals surface area contributed by atoms with E-state index in [1.165, 1.54) is 5.56 Å². The average molecular weight is 356 g/mol. The van der Waals surface area contributed by atoms with Crippen molar-refractivity contribution in [1.82, 2.24) is 20.2 Å². The van der Waals surface area contributed by atoms with Crippen LogP contribution in [0.4, 0.5) is 17.5 Å². The number of para-hydroxylation sites is 1. The number of nitrogens with zero attached hydrogens (tertiary/aromatic N) is 4. The van der Waals surface area contributed by atoms with Gasteiger partial charge in [0.1, 0.15) is 5.82 Å². The minimum atomic E-state index is 0.620. The second-order valence-corrected chi connectivity index (χ2v) is 6.67. The van der Waals surface area contributed by atoms with Gasteiger partial charge in [-0.3, -0.25) is 5.10 Å². The summed E-state index contributed by atoms with van der Waals surface area (Å²) in [4.78, 5) is 11.7. The molecule has 6 heteroatoms. The molecule has 0 saturated carbocycles. The molecule has 5 rings (SSSR count). The molecule has 4 aromatic rings. The highest BCUT2D eigenvalue weighted by Crippen LogP contribution is 2.35. The van der Waals surface area contributed by atoms with E-state index in [1.54, 1.807) is 0 Å². The molecule has 0 unspecified atom stereocenters. The number of hydrogen-bond donors (Lipinski definition) is 2. The quantitative estimate of drug-likeness (QED) is 0.571. The van der Waals surface area contributed by atoms with Crippen molar-refractivity contribution in [3.8, 4) is 0 Å². The van der Waals surface area contributed by atoms with E-state index in [0.717, 1.165) is 54.2 Å². The first kappa shape index (κ1) is 15.8. The molecule has 0 amide bonds. The van der Waals surface area contributed by atoms with Gasteiger partial charge in [-0.1, -0.05) is 48.5 Å². The fraction of sp³-hybridized carbons (Fsp3) is 0.190. The van der Waals surface area contributed by atoms with Crippen LogP contribution in [0.25, 0.3) is 11.0 Å². The highest BCUT2D eigenvalue weighted by molar-refractivity contribution is 5.94. The van der Waals surface area contributed by atoms with Crippen LogP contribution < -0.4 is 10.2 Å². The number of hydrogen-bond acceptors (Lipinski definition) is 5. The van der Waals surface area contributed by atoms with Crippen LogP contribution in [0.5, 0.6) is 0 Å². The normalized spacial score (nSPS) is 13.1. The molecule has 0 fully saturated rings. The maximum absolute atomic E-state index is 4.84. The first-order chi connectivity index (χ1) is 13.4. The Balaban J connectivity index is 1.45. The predicted molar refractivity (Wildman–Crippen MR) is 107 cm³/mol. The number of nitrogens with one attached hydrogen (secondary N) is 2. The first-order valence-electron chi connectivity index (χ1n) is 9.24. The number of benzene rings is 2. The summed E-state index contributed by atoms with van der Waals surface area (Å²) in [5.41, 5.74) is 4.26. The van der Waals surface area contributed by atoms with E-state index >= 15 is 0 Å². The van der Waals surface area contributed by atoms with E-state index in [2.05, 4.69) is 73.9 Å². The molecule has 2 N–H and O–H groups in total. The molecular weight excluding hydrogens is 336 g/mol. The number of aromatic amines is 1. The van der Waals surface area contributed by atoms with E-state index in [9.17, 15) is 0 Å². The zero-order chi connectivity index (χ0) is 18.1. The Kier molecular flexibility index (Phi) is 3.93. The van der Waals surface area contributed by atoms with E-state index in [4.69, 9.17) is 4.98 Å². The van der Waals surface area contributed by atoms with Crippen molar-refractivity contribution in [3.05, 3.63) is 71.9 Å². The summed E-state index contributed by atoms with van der Waals surface area (Å²) in [5.74, 6) is 1.54. The highest BCUT2D eigenvalue weighted by Gasteiger charge is 2.25. The van der Waals surface area contributed by atoms with Gasteiger partial charge in [0.15, 0.2) is 5.65 Å². The maximum atomic E-state index is 4.84. The molecular formula is C21H20N6. The summed E-state index contributed by atoms with van der Waals surface area (Å²) in [7, 11) is 0. The minimum absolute atomic E-state index is 0.620. The van der Waals surface area contributed by atoms with Gasteiger partial charge in [-0.05, 0) is 24.1 Å². The van der Waals surface area contributed by atoms with Gasteiger partial charge in [-0.2, -0.15) is 15.1 Å². The summed E-state index contributed by atoms with van der Waals surface area (Å²) in [5, 5.41) is 11.9. The zero-order valence-corrected chi connectivity index (χ0v) is 14.9. The number of aromatic nitrogens is 4. The molecule has 6 nitrogen and oxygen atoms in total. The lowest BCUT2D eigenvalue weighted by Crippen LogP contribution is -2.25. The fourth-order valence-electron chi connectivity index (χ4n) is 3.57. The van der Waals surface area contributed by atoms with Gasteiger partial charge in [0.25, 0.3) is 0 Å². The molecule has 0 saturated heterocycles. The molecule has 2 aromatic heterocycles. The monoisotopic (exact) mass is 356 g/mol. The van der Waals surface area contributed by atoms with Crippen LogP contribution in [0.15, 0.2) is 60.7 Å². The second-order valence-electron chi connectivity index (χ2n) is 6.67. The van der Waals surface area contributed by atoms with E-state index in [0.29, 0.717) is 5.95 Å². The molecule has 3 heterocycles. The van der Waals surface area contributed by atoms with Crippen LogP contribution in [0.2, 0.25) is 0 Å². The van der Waals surface area contributed by atoms with Gasteiger partial charge in [0.2, 0.25) is 5.95 Å². The van der Waals surface area contributed by atoms with Crippen molar-refractivity contribution in [3.63, 3.8) is 0 Å². The van der Waals surface area contributed by atoms with Crippen LogP contribution in [0.3, 0.4) is 0 Å². The van der Waals surface area contributed by atoms with Crippen molar-refractivity contribution in [2.75, 3.05) is 23.3 Å². The summed E-state index contributed by atoms with van der Waals surface area (Å²) < 4.78 is 0. The lowest BCUT2D eigenvalue weighted by Gasteiger charge is -2.28. The lowest BCUT2D eigenvalue weighted by atomic mass is 10.1. The van der Waals surface area contributed by atoms with Crippen molar-refractivity contribution in [1.29, 1.82) is 0 Å². The van der Waals surface area contributed by atoms with E-state index in [1.807, 2.05) is 12.1 Å². The van der Waals surface area contributed by atoms with E-state index < -0.39 is 0 Å². The molecule has 134 valence electrons. The Morgan fingerprint density at radius 3 is 2.56 bits per heavy atom. The highest BCUT2D eigenvalue weighted by atomic mass is 15.3. The van der Waals surface area contributed by atoms with Crippen molar-refractivity contribution >= 4 is 28.5 Å². The minimum Gasteiger partial charge on any atom is -0.354 e. The molecule has 0 atom stereocenters. The molecule has 1 aliphatic heterocycles. The zero-order valence-electron chi connectivity index (χ0n) is 14.9. The van der Waals surface area contributed by atoms with Crippen molar-refractivity contribution < 1.29 is 0 Å². The Hall–Kier alpha value is -3.41. The maximum Gasteiger partial charge on any atom is 0.226 e. The van der Waals surface area contributed by atoms with Crippen LogP contribution in [0, 0.1) is 0 Å². The third-order valence-electron chi connectivity index (χ3n) is 4.92. The van der Waals surface area contributed by atoms with Crippen LogP contribution in [-0.2, 0) is 12.8 Å². The lowest BCUT2D eigenvalue weighted by molar-refractivity contribution is 0.850. The molecule has 2 aromatic carbocycles. The topological polar surface area (TPSA) is 69.7 Å². The summed E-state index contributed by atoms with van der Waals surface area (Å²) in [6.07, 6.45) is 1.83. The number of H-pyrrole nitrogens is 1. The van der Waals surface area contributed by atoms with Gasteiger partial charge < -0.3 is 10.2 Å². The van der Waals surface area contributed by atoms with Gasteiger partial charge >= 0.3 is 0 Å².